The number of nitrogens with zero attached hydrogens (tertiary/aromatic N) is 3. The molecule has 1 N–H and O–H groups in total. The summed E-state index contributed by atoms with van der Waals surface area (Å²) in [4.78, 5) is 2.58. The van der Waals surface area contributed by atoms with E-state index in [4.69, 9.17) is 5.10 Å². The molecule has 2 aromatic carbocycles. The molecule has 3 heterocycles. The van der Waals surface area contributed by atoms with Gasteiger partial charge in [0.05, 0.1) is 11.4 Å². The first-order chi connectivity index (χ1) is 13.8. The van der Waals surface area contributed by atoms with Gasteiger partial charge in [-0.05, 0) is 56.1 Å². The molecule has 0 amide bonds. The van der Waals surface area contributed by atoms with E-state index in [-0.39, 0.29) is 0 Å². The molecule has 0 atom stereocenters. The predicted octanol–water partition coefficient (Wildman–Crippen LogP) is 4.98. The van der Waals surface area contributed by atoms with E-state index >= 15 is 0 Å². The molecule has 4 nitrogen and oxygen atoms in total. The first kappa shape index (κ1) is 18.0. The highest BCUT2D eigenvalue weighted by Crippen LogP contribution is 2.37. The lowest BCUT2D eigenvalue weighted by Gasteiger charge is -2.31. The average molecular weight is 437 g/mol. The number of hydrogen-bond donors (Lipinski definition) is 1. The topological polar surface area (TPSA) is 33.1 Å². The lowest BCUT2D eigenvalue weighted by molar-refractivity contribution is 0.203. The Kier molecular flexibility index (Phi) is 4.95. The van der Waals surface area contributed by atoms with E-state index in [0.717, 1.165) is 42.8 Å². The van der Waals surface area contributed by atoms with E-state index in [0.29, 0.717) is 5.92 Å². The maximum absolute atomic E-state index is 5.09. The van der Waals surface area contributed by atoms with Crippen molar-refractivity contribution < 1.29 is 0 Å². The second-order valence-corrected chi connectivity index (χ2v) is 8.73. The molecule has 5 heteroatoms. The monoisotopic (exact) mass is 436 g/mol. The average Bonchev–Trinajstić information content (AvgIpc) is 3.32. The lowest BCUT2D eigenvalue weighted by Crippen LogP contribution is -2.32. The van der Waals surface area contributed by atoms with Crippen LogP contribution in [0.4, 0.5) is 5.82 Å². The van der Waals surface area contributed by atoms with Gasteiger partial charge >= 0.3 is 0 Å². The van der Waals surface area contributed by atoms with Crippen molar-refractivity contribution in [3.8, 4) is 5.69 Å². The third-order valence-corrected chi connectivity index (χ3v) is 6.45. The van der Waals surface area contributed by atoms with Crippen LogP contribution in [0.25, 0.3) is 5.69 Å². The zero-order valence-electron chi connectivity index (χ0n) is 15.9. The number of anilines is 1. The summed E-state index contributed by atoms with van der Waals surface area (Å²) in [7, 11) is 0. The molecule has 0 aliphatic carbocycles. The maximum atomic E-state index is 5.09. The summed E-state index contributed by atoms with van der Waals surface area (Å²) < 4.78 is 3.20. The van der Waals surface area contributed by atoms with Crippen molar-refractivity contribution in [1.82, 2.24) is 14.7 Å². The van der Waals surface area contributed by atoms with Crippen LogP contribution in [0, 0.1) is 0 Å². The van der Waals surface area contributed by atoms with Gasteiger partial charge in [-0.25, -0.2) is 4.68 Å². The number of piperidine rings is 1. The Morgan fingerprint density at radius 2 is 1.86 bits per heavy atom. The first-order valence-electron chi connectivity index (χ1n) is 10.2. The van der Waals surface area contributed by atoms with Gasteiger partial charge in [0.25, 0.3) is 0 Å². The SMILES string of the molecule is Brc1cccc(-n2nc(C3CCN(Cc4ccccc4)CC3)c3c2NCC3)c1. The van der Waals surface area contributed by atoms with Crippen molar-refractivity contribution in [2.45, 2.75) is 31.7 Å². The highest BCUT2D eigenvalue weighted by atomic mass is 79.9. The van der Waals surface area contributed by atoms with Crippen molar-refractivity contribution in [2.75, 3.05) is 25.0 Å². The van der Waals surface area contributed by atoms with Crippen LogP contribution in [0.5, 0.6) is 0 Å². The van der Waals surface area contributed by atoms with Crippen molar-refractivity contribution in [3.05, 3.63) is 75.9 Å². The van der Waals surface area contributed by atoms with Gasteiger partial charge in [-0.2, -0.15) is 5.10 Å². The summed E-state index contributed by atoms with van der Waals surface area (Å²) in [5, 5.41) is 8.65. The second kappa shape index (κ2) is 7.72. The number of likely N-dealkylation sites (tertiary alicyclic amines) is 1. The molecule has 5 rings (SSSR count). The van der Waals surface area contributed by atoms with Crippen LogP contribution >= 0.6 is 15.9 Å². The highest BCUT2D eigenvalue weighted by molar-refractivity contribution is 9.10. The normalized spacial score (nSPS) is 17.5. The van der Waals surface area contributed by atoms with Crippen LogP contribution in [0.2, 0.25) is 0 Å². The number of rotatable bonds is 4. The highest BCUT2D eigenvalue weighted by Gasteiger charge is 2.30. The zero-order chi connectivity index (χ0) is 18.9. The van der Waals surface area contributed by atoms with E-state index < -0.39 is 0 Å². The van der Waals surface area contributed by atoms with Crippen molar-refractivity contribution in [1.29, 1.82) is 0 Å². The van der Waals surface area contributed by atoms with E-state index in [9.17, 15) is 0 Å². The molecule has 144 valence electrons. The molecule has 2 aliphatic rings. The molecule has 2 aliphatic heterocycles. The molecule has 1 fully saturated rings. The van der Waals surface area contributed by atoms with Crippen molar-refractivity contribution >= 4 is 21.7 Å². The Labute approximate surface area is 174 Å². The summed E-state index contributed by atoms with van der Waals surface area (Å²) in [5.74, 6) is 1.76. The van der Waals surface area contributed by atoms with Crippen LogP contribution in [-0.4, -0.2) is 34.3 Å². The van der Waals surface area contributed by atoms with Crippen LogP contribution in [0.1, 0.15) is 35.6 Å². The van der Waals surface area contributed by atoms with Gasteiger partial charge in [-0.15, -0.1) is 0 Å². The Hall–Kier alpha value is -2.11. The summed E-state index contributed by atoms with van der Waals surface area (Å²) in [5.41, 5.74) is 5.28. The molecule has 3 aromatic rings. The minimum atomic E-state index is 0.564. The van der Waals surface area contributed by atoms with Crippen molar-refractivity contribution in [2.24, 2.45) is 0 Å². The standard InChI is InChI=1S/C23H25BrN4/c24-19-7-4-8-20(15-19)28-23-21(9-12-25-23)22(26-28)18-10-13-27(14-11-18)16-17-5-2-1-3-6-17/h1-8,15,18,25H,9-14,16H2. The maximum Gasteiger partial charge on any atom is 0.133 e. The Morgan fingerprint density at radius 1 is 1.04 bits per heavy atom. The predicted molar refractivity (Wildman–Crippen MR) is 117 cm³/mol. The molecular weight excluding hydrogens is 412 g/mol. The zero-order valence-corrected chi connectivity index (χ0v) is 17.5. The number of benzene rings is 2. The Bertz CT molecular complexity index is 958. The molecule has 1 aromatic heterocycles. The van der Waals surface area contributed by atoms with Crippen LogP contribution in [-0.2, 0) is 13.0 Å². The number of hydrogen-bond acceptors (Lipinski definition) is 3. The quantitative estimate of drug-likeness (QED) is 0.625. The first-order valence-corrected chi connectivity index (χ1v) is 10.9. The minimum Gasteiger partial charge on any atom is -0.369 e. The largest absolute Gasteiger partial charge is 0.369 e. The van der Waals surface area contributed by atoms with Gasteiger partial charge in [0.1, 0.15) is 5.82 Å². The van der Waals surface area contributed by atoms with Gasteiger partial charge in [0.2, 0.25) is 0 Å². The molecule has 1 saturated heterocycles. The van der Waals surface area contributed by atoms with E-state index in [1.54, 1.807) is 0 Å². The number of halogens is 1. The molecule has 0 bridgehead atoms. The fourth-order valence-corrected chi connectivity index (χ4v) is 4.92. The summed E-state index contributed by atoms with van der Waals surface area (Å²) in [6.45, 7) is 4.36. The molecule has 0 radical (unpaired) electrons. The molecule has 0 saturated carbocycles. The number of aromatic nitrogens is 2. The second-order valence-electron chi connectivity index (χ2n) is 7.82. The van der Waals surface area contributed by atoms with E-state index in [1.165, 1.54) is 35.5 Å². The van der Waals surface area contributed by atoms with Gasteiger partial charge in [-0.1, -0.05) is 52.3 Å². The number of nitrogens with one attached hydrogen (secondary N) is 1. The molecule has 0 unspecified atom stereocenters. The fraction of sp³-hybridized carbons (Fsp3) is 0.348. The smallest absolute Gasteiger partial charge is 0.133 e. The summed E-state index contributed by atoms with van der Waals surface area (Å²) in [6.07, 6.45) is 3.46. The minimum absolute atomic E-state index is 0.564. The fourth-order valence-electron chi connectivity index (χ4n) is 4.53. The van der Waals surface area contributed by atoms with Crippen LogP contribution in [0.3, 0.4) is 0 Å². The van der Waals surface area contributed by atoms with Crippen molar-refractivity contribution in [3.63, 3.8) is 0 Å². The summed E-state index contributed by atoms with van der Waals surface area (Å²) in [6, 6.07) is 19.2. The van der Waals surface area contributed by atoms with Gasteiger partial charge in [-0.3, -0.25) is 4.90 Å². The lowest BCUT2D eigenvalue weighted by atomic mass is 9.90. The van der Waals surface area contributed by atoms with Crippen LogP contribution < -0.4 is 5.32 Å². The van der Waals surface area contributed by atoms with E-state index in [1.807, 2.05) is 0 Å². The van der Waals surface area contributed by atoms with E-state index in [2.05, 4.69) is 85.4 Å². The molecule has 28 heavy (non-hydrogen) atoms. The van der Waals surface area contributed by atoms with Gasteiger partial charge in [0, 0.05) is 29.0 Å². The number of fused-ring (bicyclic) bond motifs is 1. The third-order valence-electron chi connectivity index (χ3n) is 5.96. The van der Waals surface area contributed by atoms with Crippen LogP contribution in [0.15, 0.2) is 59.1 Å². The Balaban J connectivity index is 1.34. The summed E-state index contributed by atoms with van der Waals surface area (Å²) >= 11 is 3.59. The van der Waals surface area contributed by atoms with Gasteiger partial charge in [0.15, 0.2) is 0 Å². The van der Waals surface area contributed by atoms with Gasteiger partial charge < -0.3 is 5.32 Å². The third kappa shape index (κ3) is 3.49. The molecule has 0 spiro atoms. The molecular formula is C23H25BrN4. The Morgan fingerprint density at radius 3 is 2.64 bits per heavy atom.